The van der Waals surface area contributed by atoms with Crippen molar-refractivity contribution in [3.63, 3.8) is 0 Å². The first-order valence-electron chi connectivity index (χ1n) is 7.05. The van der Waals surface area contributed by atoms with Crippen LogP contribution in [0, 0.1) is 0 Å². The van der Waals surface area contributed by atoms with Gasteiger partial charge in [0.1, 0.15) is 5.82 Å². The van der Waals surface area contributed by atoms with Crippen molar-refractivity contribution < 1.29 is 5.11 Å². The van der Waals surface area contributed by atoms with Crippen LogP contribution < -0.4 is 5.32 Å². The number of hydrogen-bond acceptors (Lipinski definition) is 4. The lowest BCUT2D eigenvalue weighted by molar-refractivity contribution is 0.165. The minimum Gasteiger partial charge on any atom is -0.390 e. The van der Waals surface area contributed by atoms with Crippen LogP contribution in [0.5, 0.6) is 0 Å². The van der Waals surface area contributed by atoms with Gasteiger partial charge in [-0.25, -0.2) is 4.98 Å². The van der Waals surface area contributed by atoms with Gasteiger partial charge in [-0.15, -0.1) is 0 Å². The highest BCUT2D eigenvalue weighted by atomic mass is 16.3. The Bertz CT molecular complexity index is 803. The van der Waals surface area contributed by atoms with Crippen LogP contribution in [0.1, 0.15) is 17.2 Å². The molecule has 0 radical (unpaired) electrons. The van der Waals surface area contributed by atoms with Gasteiger partial charge in [0, 0.05) is 6.42 Å². The number of nitrogens with one attached hydrogen (secondary N) is 1. The molecule has 0 amide bonds. The summed E-state index contributed by atoms with van der Waals surface area (Å²) in [4.78, 5) is 8.96. The fourth-order valence-corrected chi connectivity index (χ4v) is 2.93. The van der Waals surface area contributed by atoms with Crippen molar-refractivity contribution in [2.24, 2.45) is 0 Å². The normalized spacial score (nSPS) is 20.4. The zero-order valence-electron chi connectivity index (χ0n) is 11.4. The summed E-state index contributed by atoms with van der Waals surface area (Å²) < 4.78 is 0. The molecule has 0 aliphatic heterocycles. The molecule has 4 nitrogen and oxygen atoms in total. The number of aromatic nitrogens is 2. The molecule has 1 aliphatic carbocycles. The van der Waals surface area contributed by atoms with E-state index in [1.165, 1.54) is 5.56 Å². The van der Waals surface area contributed by atoms with E-state index in [0.717, 1.165) is 16.6 Å². The van der Waals surface area contributed by atoms with Crippen LogP contribution in [0.2, 0.25) is 0 Å². The first kappa shape index (κ1) is 12.3. The van der Waals surface area contributed by atoms with Gasteiger partial charge < -0.3 is 10.4 Å². The lowest BCUT2D eigenvalue weighted by Gasteiger charge is -2.18. The van der Waals surface area contributed by atoms with E-state index in [2.05, 4.69) is 27.4 Å². The molecule has 2 N–H and O–H groups in total. The third-order valence-corrected chi connectivity index (χ3v) is 3.96. The van der Waals surface area contributed by atoms with Gasteiger partial charge in [-0.3, -0.25) is 4.98 Å². The van der Waals surface area contributed by atoms with Crippen molar-refractivity contribution in [3.8, 4) is 0 Å². The summed E-state index contributed by atoms with van der Waals surface area (Å²) >= 11 is 0. The molecule has 1 aromatic heterocycles. The number of fused-ring (bicyclic) bond motifs is 2. The lowest BCUT2D eigenvalue weighted by Crippen LogP contribution is -2.21. The summed E-state index contributed by atoms with van der Waals surface area (Å²) in [5, 5.41) is 13.6. The topological polar surface area (TPSA) is 58.0 Å². The van der Waals surface area contributed by atoms with E-state index in [9.17, 15) is 5.11 Å². The first-order valence-corrected chi connectivity index (χ1v) is 7.05. The summed E-state index contributed by atoms with van der Waals surface area (Å²) in [6.45, 7) is 0. The minimum absolute atomic E-state index is 0.128. The molecule has 4 rings (SSSR count). The summed E-state index contributed by atoms with van der Waals surface area (Å²) in [6, 6.07) is 15.8. The summed E-state index contributed by atoms with van der Waals surface area (Å²) in [7, 11) is 0. The van der Waals surface area contributed by atoms with Gasteiger partial charge in [-0.2, -0.15) is 0 Å². The van der Waals surface area contributed by atoms with Gasteiger partial charge in [0.15, 0.2) is 0 Å². The molecule has 21 heavy (non-hydrogen) atoms. The Kier molecular flexibility index (Phi) is 2.82. The predicted molar refractivity (Wildman–Crippen MR) is 82.1 cm³/mol. The zero-order valence-corrected chi connectivity index (χ0v) is 11.4. The zero-order chi connectivity index (χ0) is 14.2. The molecule has 0 saturated heterocycles. The van der Waals surface area contributed by atoms with Gasteiger partial charge in [0.05, 0.1) is 29.4 Å². The molecule has 0 saturated carbocycles. The Morgan fingerprint density at radius 2 is 1.76 bits per heavy atom. The fraction of sp³-hybridized carbons (Fsp3) is 0.176. The van der Waals surface area contributed by atoms with Gasteiger partial charge in [-0.05, 0) is 23.3 Å². The maximum Gasteiger partial charge on any atom is 0.145 e. The third-order valence-electron chi connectivity index (χ3n) is 3.96. The highest BCUT2D eigenvalue weighted by Gasteiger charge is 2.30. The molecule has 0 fully saturated rings. The summed E-state index contributed by atoms with van der Waals surface area (Å²) in [5.74, 6) is 0.689. The average Bonchev–Trinajstić information content (AvgIpc) is 2.83. The molecule has 1 aliphatic rings. The van der Waals surface area contributed by atoms with Crippen LogP contribution in [0.15, 0.2) is 54.7 Å². The van der Waals surface area contributed by atoms with Gasteiger partial charge in [0.2, 0.25) is 0 Å². The van der Waals surface area contributed by atoms with E-state index < -0.39 is 6.10 Å². The molecule has 4 heteroatoms. The highest BCUT2D eigenvalue weighted by molar-refractivity contribution is 5.75. The number of anilines is 1. The second kappa shape index (κ2) is 4.82. The number of rotatable bonds is 2. The van der Waals surface area contributed by atoms with E-state index >= 15 is 0 Å². The van der Waals surface area contributed by atoms with Crippen LogP contribution in [0.4, 0.5) is 5.82 Å². The smallest absolute Gasteiger partial charge is 0.145 e. The van der Waals surface area contributed by atoms with Gasteiger partial charge >= 0.3 is 0 Å². The maximum absolute atomic E-state index is 10.3. The van der Waals surface area contributed by atoms with Crippen LogP contribution in [-0.2, 0) is 6.42 Å². The second-order valence-corrected chi connectivity index (χ2v) is 5.34. The Hall–Kier alpha value is -2.46. The van der Waals surface area contributed by atoms with E-state index in [1.54, 1.807) is 6.20 Å². The van der Waals surface area contributed by atoms with Crippen molar-refractivity contribution in [3.05, 3.63) is 65.9 Å². The monoisotopic (exact) mass is 277 g/mol. The van der Waals surface area contributed by atoms with E-state index in [0.29, 0.717) is 12.2 Å². The molecule has 0 spiro atoms. The Labute approximate surface area is 122 Å². The lowest BCUT2D eigenvalue weighted by atomic mass is 10.1. The Balaban J connectivity index is 1.68. The molecule has 3 aromatic rings. The summed E-state index contributed by atoms with van der Waals surface area (Å²) in [5.41, 5.74) is 4.05. The number of nitrogens with zero attached hydrogens (tertiary/aromatic N) is 2. The van der Waals surface area contributed by atoms with Crippen LogP contribution in [0.25, 0.3) is 11.0 Å². The largest absolute Gasteiger partial charge is 0.390 e. The summed E-state index contributed by atoms with van der Waals surface area (Å²) in [6.07, 6.45) is 1.96. The van der Waals surface area contributed by atoms with E-state index in [4.69, 9.17) is 0 Å². The number of aliphatic hydroxyl groups is 1. The number of benzene rings is 2. The number of para-hydroxylation sites is 2. The maximum atomic E-state index is 10.3. The van der Waals surface area contributed by atoms with Crippen molar-refractivity contribution in [2.45, 2.75) is 18.6 Å². The van der Waals surface area contributed by atoms with Crippen LogP contribution >= 0.6 is 0 Å². The quantitative estimate of drug-likeness (QED) is 0.756. The SMILES string of the molecule is O[C@@H]1Cc2ccccc2[C@H]1Nc1cnc2ccccc2n1. The van der Waals surface area contributed by atoms with E-state index in [1.807, 2.05) is 36.4 Å². The van der Waals surface area contributed by atoms with Crippen molar-refractivity contribution in [1.29, 1.82) is 0 Å². The number of aliphatic hydroxyl groups excluding tert-OH is 1. The van der Waals surface area contributed by atoms with Crippen LogP contribution in [0.3, 0.4) is 0 Å². The molecule has 2 atom stereocenters. The average molecular weight is 277 g/mol. The Morgan fingerprint density at radius 1 is 1.00 bits per heavy atom. The molecule has 104 valence electrons. The fourth-order valence-electron chi connectivity index (χ4n) is 2.93. The molecule has 1 heterocycles. The van der Waals surface area contributed by atoms with Gasteiger partial charge in [0.25, 0.3) is 0 Å². The molecular weight excluding hydrogens is 262 g/mol. The van der Waals surface area contributed by atoms with Gasteiger partial charge in [-0.1, -0.05) is 36.4 Å². The highest BCUT2D eigenvalue weighted by Crippen LogP contribution is 2.33. The molecule has 0 unspecified atom stereocenters. The van der Waals surface area contributed by atoms with Crippen molar-refractivity contribution in [1.82, 2.24) is 9.97 Å². The second-order valence-electron chi connectivity index (χ2n) is 5.34. The molecule has 2 aromatic carbocycles. The Morgan fingerprint density at radius 3 is 2.67 bits per heavy atom. The predicted octanol–water partition coefficient (Wildman–Crippen LogP) is 2.70. The minimum atomic E-state index is -0.435. The van der Waals surface area contributed by atoms with E-state index in [-0.39, 0.29) is 6.04 Å². The van der Waals surface area contributed by atoms with Crippen molar-refractivity contribution >= 4 is 16.9 Å². The third kappa shape index (κ3) is 2.14. The molecular formula is C17H15N3O. The standard InChI is InChI=1S/C17H15N3O/c21-15-9-11-5-1-2-6-12(11)17(15)20-16-10-18-13-7-3-4-8-14(13)19-16/h1-8,10,15,17,21H,9H2,(H,19,20)/t15-,17-/m1/s1. The molecule has 0 bridgehead atoms. The van der Waals surface area contributed by atoms with Crippen LogP contribution in [-0.4, -0.2) is 21.2 Å². The first-order chi connectivity index (χ1) is 10.3. The van der Waals surface area contributed by atoms with Crippen molar-refractivity contribution in [2.75, 3.05) is 5.32 Å². The number of hydrogen-bond donors (Lipinski definition) is 2.